The molecule has 2 atom stereocenters. The van der Waals surface area contributed by atoms with E-state index in [-0.39, 0.29) is 22.6 Å². The molecule has 1 saturated carbocycles. The number of hydrogen-bond donors (Lipinski definition) is 3. The third-order valence-electron chi connectivity index (χ3n) is 4.60. The lowest BCUT2D eigenvalue weighted by atomic mass is 9.95. The zero-order chi connectivity index (χ0) is 18.4. The van der Waals surface area contributed by atoms with Gasteiger partial charge < -0.3 is 21.1 Å². The van der Waals surface area contributed by atoms with Gasteiger partial charge in [-0.1, -0.05) is 6.42 Å². The predicted octanol–water partition coefficient (Wildman–Crippen LogP) is 1.46. The molecule has 1 aromatic rings. The van der Waals surface area contributed by atoms with E-state index in [1.165, 1.54) is 12.1 Å². The van der Waals surface area contributed by atoms with Gasteiger partial charge in [-0.15, -0.1) is 0 Å². The van der Waals surface area contributed by atoms with Crippen LogP contribution in [-0.2, 0) is 19.4 Å². The van der Waals surface area contributed by atoms with Gasteiger partial charge in [0.2, 0.25) is 5.91 Å². The number of ether oxygens (including phenoxy) is 1. The monoisotopic (exact) mass is 369 g/mol. The van der Waals surface area contributed by atoms with E-state index in [1.807, 2.05) is 0 Å². The summed E-state index contributed by atoms with van der Waals surface area (Å²) in [4.78, 5) is 12.8. The highest BCUT2D eigenvalue weighted by Crippen LogP contribution is 2.33. The van der Waals surface area contributed by atoms with E-state index >= 15 is 0 Å². The largest absolute Gasteiger partial charge is 0.383 e. The minimum Gasteiger partial charge on any atom is -0.383 e. The van der Waals surface area contributed by atoms with E-state index < -0.39 is 9.84 Å². The number of carbonyl (C=O) groups is 1. The molecular formula is C17H27N3O4S. The van der Waals surface area contributed by atoms with Crippen molar-refractivity contribution in [3.8, 4) is 0 Å². The first kappa shape index (κ1) is 19.7. The number of anilines is 2. The van der Waals surface area contributed by atoms with E-state index in [4.69, 9.17) is 10.5 Å². The van der Waals surface area contributed by atoms with Gasteiger partial charge in [-0.25, -0.2) is 8.42 Å². The van der Waals surface area contributed by atoms with Crippen molar-refractivity contribution in [2.75, 3.05) is 43.7 Å². The third-order valence-corrected chi connectivity index (χ3v) is 5.71. The number of amides is 1. The zero-order valence-electron chi connectivity index (χ0n) is 14.7. The molecule has 0 radical (unpaired) electrons. The van der Waals surface area contributed by atoms with Gasteiger partial charge in [0.15, 0.2) is 9.84 Å². The topological polar surface area (TPSA) is 111 Å². The Morgan fingerprint density at radius 3 is 2.72 bits per heavy atom. The van der Waals surface area contributed by atoms with Crippen LogP contribution < -0.4 is 16.4 Å². The fourth-order valence-electron chi connectivity index (χ4n) is 3.19. The fourth-order valence-corrected chi connectivity index (χ4v) is 3.84. The van der Waals surface area contributed by atoms with Gasteiger partial charge in [-0.2, -0.15) is 0 Å². The first-order valence-electron chi connectivity index (χ1n) is 8.44. The first-order valence-corrected chi connectivity index (χ1v) is 10.3. The minimum absolute atomic E-state index is 0.103. The number of hydrogen-bond acceptors (Lipinski definition) is 6. The Morgan fingerprint density at radius 2 is 2.08 bits per heavy atom. The number of nitrogens with two attached hydrogens (primary N) is 1. The summed E-state index contributed by atoms with van der Waals surface area (Å²) < 4.78 is 28.7. The molecule has 0 bridgehead atoms. The number of sulfone groups is 1. The van der Waals surface area contributed by atoms with Crippen molar-refractivity contribution in [1.29, 1.82) is 0 Å². The Kier molecular flexibility index (Phi) is 6.80. The van der Waals surface area contributed by atoms with Gasteiger partial charge >= 0.3 is 0 Å². The van der Waals surface area contributed by atoms with Crippen LogP contribution in [-0.4, -0.2) is 47.4 Å². The van der Waals surface area contributed by atoms with Crippen molar-refractivity contribution in [3.05, 3.63) is 18.2 Å². The number of nitrogens with one attached hydrogen (secondary N) is 2. The number of rotatable bonds is 8. The molecule has 0 saturated heterocycles. The van der Waals surface area contributed by atoms with Gasteiger partial charge in [0.05, 0.1) is 22.9 Å². The Morgan fingerprint density at radius 1 is 1.32 bits per heavy atom. The van der Waals surface area contributed by atoms with Crippen LogP contribution >= 0.6 is 0 Å². The molecule has 0 aliphatic heterocycles. The van der Waals surface area contributed by atoms with E-state index in [1.54, 1.807) is 13.2 Å². The van der Waals surface area contributed by atoms with Crippen molar-refractivity contribution >= 4 is 27.1 Å². The van der Waals surface area contributed by atoms with Crippen LogP contribution in [0.5, 0.6) is 0 Å². The Labute approximate surface area is 149 Å². The first-order chi connectivity index (χ1) is 11.9. The predicted molar refractivity (Wildman–Crippen MR) is 98.4 cm³/mol. The maximum absolute atomic E-state index is 12.7. The lowest BCUT2D eigenvalue weighted by Crippen LogP contribution is -2.30. The highest BCUT2D eigenvalue weighted by atomic mass is 32.2. The summed E-state index contributed by atoms with van der Waals surface area (Å²) in [7, 11) is -1.76. The van der Waals surface area contributed by atoms with E-state index in [2.05, 4.69) is 10.6 Å². The maximum Gasteiger partial charge on any atom is 0.227 e. The zero-order valence-corrected chi connectivity index (χ0v) is 15.6. The molecule has 0 unspecified atom stereocenters. The molecule has 1 fully saturated rings. The lowest BCUT2D eigenvalue weighted by molar-refractivity contribution is -0.120. The van der Waals surface area contributed by atoms with Crippen LogP contribution in [0.2, 0.25) is 0 Å². The van der Waals surface area contributed by atoms with Crippen LogP contribution in [0, 0.1) is 11.8 Å². The number of carbonyl (C=O) groups excluding carboxylic acids is 1. The molecule has 0 heterocycles. The van der Waals surface area contributed by atoms with Gasteiger partial charge in [-0.05, 0) is 43.5 Å². The van der Waals surface area contributed by atoms with Crippen LogP contribution in [0.25, 0.3) is 0 Å². The molecule has 2 rings (SSSR count). The fraction of sp³-hybridized carbons (Fsp3) is 0.588. The number of benzene rings is 1. The molecule has 1 amide bonds. The number of methoxy groups -OCH3 is 1. The molecule has 25 heavy (non-hydrogen) atoms. The average molecular weight is 369 g/mol. The third kappa shape index (κ3) is 5.17. The highest BCUT2D eigenvalue weighted by molar-refractivity contribution is 7.90. The SMILES string of the molecule is COCCNc1ccc(S(C)(=O)=O)cc1NC(=O)[C@@H]1CCC[C@@H]1CN. The second-order valence-electron chi connectivity index (χ2n) is 6.42. The van der Waals surface area contributed by atoms with Crippen LogP contribution in [0.15, 0.2) is 23.1 Å². The lowest BCUT2D eigenvalue weighted by Gasteiger charge is -2.20. The summed E-state index contributed by atoms with van der Waals surface area (Å²) in [6, 6.07) is 4.68. The second-order valence-corrected chi connectivity index (χ2v) is 8.44. The van der Waals surface area contributed by atoms with Crippen molar-refractivity contribution in [2.24, 2.45) is 17.6 Å². The maximum atomic E-state index is 12.7. The van der Waals surface area contributed by atoms with Crippen molar-refractivity contribution in [1.82, 2.24) is 0 Å². The van der Waals surface area contributed by atoms with Crippen molar-refractivity contribution in [3.63, 3.8) is 0 Å². The normalized spacial score (nSPS) is 20.4. The standard InChI is InChI=1S/C17H27N3O4S/c1-24-9-8-19-15-7-6-13(25(2,22)23)10-16(15)20-17(21)14-5-3-4-12(14)11-18/h6-7,10,12,14,19H,3-5,8-9,11,18H2,1-2H3,(H,20,21)/t12-,14-/m1/s1. The summed E-state index contributed by atoms with van der Waals surface area (Å²) >= 11 is 0. The molecule has 0 spiro atoms. The van der Waals surface area contributed by atoms with Crippen LogP contribution in [0.4, 0.5) is 11.4 Å². The van der Waals surface area contributed by atoms with Crippen LogP contribution in [0.1, 0.15) is 19.3 Å². The molecule has 1 aliphatic rings. The molecule has 1 aliphatic carbocycles. The van der Waals surface area contributed by atoms with E-state index in [0.29, 0.717) is 31.1 Å². The van der Waals surface area contributed by atoms with Gasteiger partial charge in [0, 0.05) is 25.8 Å². The van der Waals surface area contributed by atoms with Gasteiger partial charge in [-0.3, -0.25) is 4.79 Å². The molecule has 140 valence electrons. The van der Waals surface area contributed by atoms with Gasteiger partial charge in [0.25, 0.3) is 0 Å². The Balaban J connectivity index is 2.23. The molecule has 1 aromatic carbocycles. The Bertz CT molecular complexity index is 706. The van der Waals surface area contributed by atoms with Crippen LogP contribution in [0.3, 0.4) is 0 Å². The summed E-state index contributed by atoms with van der Waals surface area (Å²) in [5, 5.41) is 6.05. The highest BCUT2D eigenvalue weighted by Gasteiger charge is 2.32. The van der Waals surface area contributed by atoms with Crippen molar-refractivity contribution < 1.29 is 17.9 Å². The summed E-state index contributed by atoms with van der Waals surface area (Å²) in [6.07, 6.45) is 3.90. The average Bonchev–Trinajstić information content (AvgIpc) is 3.04. The van der Waals surface area contributed by atoms with E-state index in [9.17, 15) is 13.2 Å². The van der Waals surface area contributed by atoms with Crippen molar-refractivity contribution in [2.45, 2.75) is 24.2 Å². The molecule has 7 nitrogen and oxygen atoms in total. The molecular weight excluding hydrogens is 342 g/mol. The summed E-state index contributed by atoms with van der Waals surface area (Å²) in [5.41, 5.74) is 6.89. The molecule has 4 N–H and O–H groups in total. The molecule has 8 heteroatoms. The quantitative estimate of drug-likeness (QED) is 0.598. The van der Waals surface area contributed by atoms with E-state index in [0.717, 1.165) is 25.5 Å². The molecule has 0 aromatic heterocycles. The smallest absolute Gasteiger partial charge is 0.227 e. The summed E-state index contributed by atoms with van der Waals surface area (Å²) in [6.45, 7) is 1.53. The summed E-state index contributed by atoms with van der Waals surface area (Å²) in [5.74, 6) is -0.0462. The van der Waals surface area contributed by atoms with Gasteiger partial charge in [0.1, 0.15) is 0 Å². The Hall–Kier alpha value is -1.64. The second kappa shape index (κ2) is 8.64. The minimum atomic E-state index is -3.36.